The first-order valence-corrected chi connectivity index (χ1v) is 8.70. The molecule has 23 heavy (non-hydrogen) atoms. The van der Waals surface area contributed by atoms with Crippen molar-refractivity contribution < 1.29 is 9.53 Å². The van der Waals surface area contributed by atoms with E-state index in [9.17, 15) is 4.79 Å². The Morgan fingerprint density at radius 2 is 1.83 bits per heavy atom. The van der Waals surface area contributed by atoms with Gasteiger partial charge in [-0.15, -0.1) is 11.8 Å². The smallest absolute Gasteiger partial charge is 0.257 e. The highest BCUT2D eigenvalue weighted by Gasteiger charge is 2.05. The molecule has 0 aliphatic rings. The van der Waals surface area contributed by atoms with E-state index in [-0.39, 0.29) is 12.5 Å². The second kappa shape index (κ2) is 8.63. The van der Waals surface area contributed by atoms with Crippen LogP contribution in [0.2, 0.25) is 0 Å². The number of thioether (sulfide) groups is 1. The molecule has 0 bridgehead atoms. The van der Waals surface area contributed by atoms with Crippen LogP contribution in [0.1, 0.15) is 16.7 Å². The maximum atomic E-state index is 11.8. The average molecular weight is 329 g/mol. The minimum absolute atomic E-state index is 0.0551. The van der Waals surface area contributed by atoms with Crippen molar-refractivity contribution in [3.8, 4) is 5.75 Å². The van der Waals surface area contributed by atoms with Crippen LogP contribution in [0.3, 0.4) is 0 Å². The van der Waals surface area contributed by atoms with E-state index in [4.69, 9.17) is 4.74 Å². The van der Waals surface area contributed by atoms with Gasteiger partial charge in [-0.05, 0) is 50.1 Å². The lowest BCUT2D eigenvalue weighted by atomic mass is 10.1. The average Bonchev–Trinajstić information content (AvgIpc) is 2.54. The van der Waals surface area contributed by atoms with E-state index >= 15 is 0 Å². The first-order valence-electron chi connectivity index (χ1n) is 7.71. The van der Waals surface area contributed by atoms with E-state index in [1.807, 2.05) is 32.0 Å². The molecule has 0 unspecified atom stereocenters. The quantitative estimate of drug-likeness (QED) is 0.618. The number of carbonyl (C=O) groups excluding carboxylic acids is 1. The fourth-order valence-electron chi connectivity index (χ4n) is 2.07. The van der Waals surface area contributed by atoms with Crippen molar-refractivity contribution in [3.05, 3.63) is 59.2 Å². The zero-order valence-corrected chi connectivity index (χ0v) is 14.7. The Labute approximate surface area is 142 Å². The van der Waals surface area contributed by atoms with Crippen LogP contribution in [0, 0.1) is 20.8 Å². The second-order valence-electron chi connectivity index (χ2n) is 5.50. The van der Waals surface area contributed by atoms with Gasteiger partial charge in [0.2, 0.25) is 0 Å². The summed E-state index contributed by atoms with van der Waals surface area (Å²) in [6, 6.07) is 14.3. The van der Waals surface area contributed by atoms with Crippen molar-refractivity contribution in [3.63, 3.8) is 0 Å². The molecule has 1 amide bonds. The molecule has 0 atom stereocenters. The molecule has 0 saturated carbocycles. The summed E-state index contributed by atoms with van der Waals surface area (Å²) in [6.45, 7) is 6.79. The number of hydrogen-bond donors (Lipinski definition) is 1. The largest absolute Gasteiger partial charge is 0.483 e. The Bertz CT molecular complexity index is 653. The summed E-state index contributed by atoms with van der Waals surface area (Å²) in [4.78, 5) is 13.0. The summed E-state index contributed by atoms with van der Waals surface area (Å²) >= 11 is 1.73. The van der Waals surface area contributed by atoms with Crippen molar-refractivity contribution in [2.24, 2.45) is 0 Å². The fourth-order valence-corrected chi connectivity index (χ4v) is 2.84. The topological polar surface area (TPSA) is 38.3 Å². The fraction of sp³-hybridized carbons (Fsp3) is 0.316. The highest BCUT2D eigenvalue weighted by atomic mass is 32.2. The summed E-state index contributed by atoms with van der Waals surface area (Å²) in [5.41, 5.74) is 3.50. The number of carbonyl (C=O) groups is 1. The molecule has 0 saturated heterocycles. The Morgan fingerprint density at radius 1 is 1.09 bits per heavy atom. The van der Waals surface area contributed by atoms with Gasteiger partial charge in [0.15, 0.2) is 6.61 Å². The van der Waals surface area contributed by atoms with Gasteiger partial charge in [0, 0.05) is 17.2 Å². The van der Waals surface area contributed by atoms with Crippen LogP contribution in [-0.2, 0) is 4.79 Å². The Kier molecular flexibility index (Phi) is 6.53. The highest BCUT2D eigenvalue weighted by Crippen LogP contribution is 2.20. The van der Waals surface area contributed by atoms with Crippen LogP contribution in [0.4, 0.5) is 0 Å². The van der Waals surface area contributed by atoms with Crippen LogP contribution in [0.25, 0.3) is 0 Å². The Morgan fingerprint density at radius 3 is 2.57 bits per heavy atom. The summed E-state index contributed by atoms with van der Waals surface area (Å²) in [7, 11) is 0. The number of rotatable bonds is 7. The number of amides is 1. The molecular weight excluding hydrogens is 306 g/mol. The zero-order chi connectivity index (χ0) is 16.7. The van der Waals surface area contributed by atoms with Crippen LogP contribution >= 0.6 is 11.8 Å². The Hall–Kier alpha value is -1.94. The van der Waals surface area contributed by atoms with Gasteiger partial charge in [-0.25, -0.2) is 0 Å². The van der Waals surface area contributed by atoms with E-state index in [1.165, 1.54) is 10.5 Å². The molecule has 0 heterocycles. The summed E-state index contributed by atoms with van der Waals surface area (Å²) in [5.74, 6) is 1.53. The van der Waals surface area contributed by atoms with Crippen molar-refractivity contribution >= 4 is 17.7 Å². The first-order chi connectivity index (χ1) is 11.1. The monoisotopic (exact) mass is 329 g/mol. The predicted molar refractivity (Wildman–Crippen MR) is 96.3 cm³/mol. The van der Waals surface area contributed by atoms with E-state index < -0.39 is 0 Å². The van der Waals surface area contributed by atoms with Crippen molar-refractivity contribution in [2.75, 3.05) is 18.9 Å². The lowest BCUT2D eigenvalue weighted by Gasteiger charge is -2.11. The third kappa shape index (κ3) is 5.64. The van der Waals surface area contributed by atoms with Crippen molar-refractivity contribution in [1.29, 1.82) is 0 Å². The summed E-state index contributed by atoms with van der Waals surface area (Å²) in [5, 5.41) is 2.88. The second-order valence-corrected chi connectivity index (χ2v) is 6.67. The molecule has 0 radical (unpaired) electrons. The first kappa shape index (κ1) is 17.4. The molecule has 0 aliphatic carbocycles. The molecule has 2 aromatic carbocycles. The van der Waals surface area contributed by atoms with E-state index in [0.717, 1.165) is 22.6 Å². The van der Waals surface area contributed by atoms with Crippen LogP contribution in [0.15, 0.2) is 47.4 Å². The zero-order valence-electron chi connectivity index (χ0n) is 13.9. The standard InChI is InChI=1S/C19H23NO2S/c1-14-7-9-17(10-8-14)23-12-11-20-19(21)13-22-18-6-4-5-15(2)16(18)3/h4-10H,11-13H2,1-3H3,(H,20,21). The molecule has 3 nitrogen and oxygen atoms in total. The van der Waals surface area contributed by atoms with Gasteiger partial charge in [-0.1, -0.05) is 29.8 Å². The molecule has 4 heteroatoms. The molecule has 0 aromatic heterocycles. The van der Waals surface area contributed by atoms with Gasteiger partial charge < -0.3 is 10.1 Å². The van der Waals surface area contributed by atoms with Gasteiger partial charge >= 0.3 is 0 Å². The molecule has 0 spiro atoms. The molecule has 0 fully saturated rings. The minimum atomic E-state index is -0.0876. The number of aryl methyl sites for hydroxylation is 2. The molecule has 0 aliphatic heterocycles. The number of hydrogen-bond acceptors (Lipinski definition) is 3. The predicted octanol–water partition coefficient (Wildman–Crippen LogP) is 3.90. The van der Waals surface area contributed by atoms with Crippen LogP contribution in [0.5, 0.6) is 5.75 Å². The van der Waals surface area contributed by atoms with E-state index in [1.54, 1.807) is 11.8 Å². The van der Waals surface area contributed by atoms with Crippen molar-refractivity contribution in [1.82, 2.24) is 5.32 Å². The van der Waals surface area contributed by atoms with Gasteiger partial charge in [-0.3, -0.25) is 4.79 Å². The lowest BCUT2D eigenvalue weighted by molar-refractivity contribution is -0.122. The van der Waals surface area contributed by atoms with Gasteiger partial charge in [0.1, 0.15) is 5.75 Å². The van der Waals surface area contributed by atoms with E-state index in [2.05, 4.69) is 36.5 Å². The van der Waals surface area contributed by atoms with Crippen molar-refractivity contribution in [2.45, 2.75) is 25.7 Å². The maximum Gasteiger partial charge on any atom is 0.257 e. The maximum absolute atomic E-state index is 11.8. The molecular formula is C19H23NO2S. The number of nitrogens with one attached hydrogen (secondary N) is 1. The third-order valence-corrected chi connectivity index (χ3v) is 4.64. The third-order valence-electron chi connectivity index (χ3n) is 3.63. The van der Waals surface area contributed by atoms with Crippen LogP contribution < -0.4 is 10.1 Å². The molecule has 1 N–H and O–H groups in total. The number of ether oxygens (including phenoxy) is 1. The van der Waals surface area contributed by atoms with E-state index in [0.29, 0.717) is 6.54 Å². The lowest BCUT2D eigenvalue weighted by Crippen LogP contribution is -2.30. The van der Waals surface area contributed by atoms with Gasteiger partial charge in [0.05, 0.1) is 0 Å². The molecule has 2 aromatic rings. The highest BCUT2D eigenvalue weighted by molar-refractivity contribution is 7.99. The summed E-state index contributed by atoms with van der Waals surface area (Å²) < 4.78 is 5.59. The Balaban J connectivity index is 1.67. The molecule has 2 rings (SSSR count). The van der Waals surface area contributed by atoms with Crippen LogP contribution in [-0.4, -0.2) is 24.8 Å². The molecule has 122 valence electrons. The van der Waals surface area contributed by atoms with Gasteiger partial charge in [-0.2, -0.15) is 0 Å². The minimum Gasteiger partial charge on any atom is -0.483 e. The van der Waals surface area contributed by atoms with Gasteiger partial charge in [0.25, 0.3) is 5.91 Å². The summed E-state index contributed by atoms with van der Waals surface area (Å²) in [6.07, 6.45) is 0. The SMILES string of the molecule is Cc1ccc(SCCNC(=O)COc2cccc(C)c2C)cc1. The number of benzene rings is 2. The normalized spacial score (nSPS) is 10.4.